The van der Waals surface area contributed by atoms with Crippen molar-refractivity contribution in [3.63, 3.8) is 0 Å². The Morgan fingerprint density at radius 3 is 2.72 bits per heavy atom. The van der Waals surface area contributed by atoms with Gasteiger partial charge in [-0.05, 0) is 22.9 Å². The fourth-order valence-electron chi connectivity index (χ4n) is 1.19. The first-order chi connectivity index (χ1) is 8.38. The molecule has 18 heavy (non-hydrogen) atoms. The van der Waals surface area contributed by atoms with E-state index >= 15 is 0 Å². The van der Waals surface area contributed by atoms with E-state index in [1.807, 2.05) is 0 Å². The number of anilines is 1. The van der Waals surface area contributed by atoms with Gasteiger partial charge in [0.1, 0.15) is 15.7 Å². The molecular formula is C9H7BrF3N3OS. The summed E-state index contributed by atoms with van der Waals surface area (Å²) in [7, 11) is 0. The molecule has 0 amide bonds. The predicted molar refractivity (Wildman–Crippen MR) is 63.4 cm³/mol. The summed E-state index contributed by atoms with van der Waals surface area (Å²) in [6, 6.07) is 0. The lowest BCUT2D eigenvalue weighted by Gasteiger charge is -2.02. The molecule has 9 heteroatoms. The number of aryl methyl sites for hydroxylation is 1. The van der Waals surface area contributed by atoms with Crippen molar-refractivity contribution in [1.82, 2.24) is 10.1 Å². The van der Waals surface area contributed by atoms with E-state index in [1.54, 1.807) is 6.92 Å². The molecule has 2 rings (SSSR count). The van der Waals surface area contributed by atoms with Crippen LogP contribution in [0.2, 0.25) is 0 Å². The monoisotopic (exact) mass is 341 g/mol. The van der Waals surface area contributed by atoms with Crippen LogP contribution < -0.4 is 5.32 Å². The number of nitrogens with one attached hydrogen (secondary N) is 1. The van der Waals surface area contributed by atoms with Crippen molar-refractivity contribution >= 4 is 32.4 Å². The van der Waals surface area contributed by atoms with Gasteiger partial charge in [0.25, 0.3) is 0 Å². The van der Waals surface area contributed by atoms with E-state index in [0.29, 0.717) is 5.69 Å². The van der Waals surface area contributed by atoms with Crippen LogP contribution in [0.15, 0.2) is 14.6 Å². The van der Waals surface area contributed by atoms with Gasteiger partial charge in [0, 0.05) is 5.56 Å². The van der Waals surface area contributed by atoms with Gasteiger partial charge in [-0.3, -0.25) is 0 Å². The van der Waals surface area contributed by atoms with Crippen LogP contribution in [0.3, 0.4) is 0 Å². The van der Waals surface area contributed by atoms with Gasteiger partial charge in [-0.25, -0.2) is 4.98 Å². The van der Waals surface area contributed by atoms with Crippen LogP contribution in [0, 0.1) is 6.92 Å². The first kappa shape index (κ1) is 13.3. The van der Waals surface area contributed by atoms with Gasteiger partial charge in [0.15, 0.2) is 10.8 Å². The molecule has 0 aliphatic heterocycles. The smallest absolute Gasteiger partial charge is 0.364 e. The molecule has 0 saturated heterocycles. The topological polar surface area (TPSA) is 51.0 Å². The highest BCUT2D eigenvalue weighted by molar-refractivity contribution is 9.11. The Morgan fingerprint density at radius 2 is 2.22 bits per heavy atom. The lowest BCUT2D eigenvalue weighted by atomic mass is 10.3. The Labute approximate surface area is 112 Å². The minimum Gasteiger partial charge on any atom is -0.364 e. The third-order valence-electron chi connectivity index (χ3n) is 2.11. The van der Waals surface area contributed by atoms with Gasteiger partial charge < -0.3 is 9.84 Å². The average Bonchev–Trinajstić information content (AvgIpc) is 2.81. The molecule has 0 unspecified atom stereocenters. The van der Waals surface area contributed by atoms with Gasteiger partial charge >= 0.3 is 6.18 Å². The number of aromatic nitrogens is 2. The van der Waals surface area contributed by atoms with Gasteiger partial charge in [-0.2, -0.15) is 13.2 Å². The van der Waals surface area contributed by atoms with Crippen LogP contribution >= 0.6 is 27.3 Å². The van der Waals surface area contributed by atoms with E-state index in [9.17, 15) is 13.2 Å². The summed E-state index contributed by atoms with van der Waals surface area (Å²) < 4.78 is 42.2. The molecule has 0 bridgehead atoms. The average molecular weight is 342 g/mol. The van der Waals surface area contributed by atoms with E-state index in [-0.39, 0.29) is 15.5 Å². The van der Waals surface area contributed by atoms with Crippen molar-refractivity contribution in [3.8, 4) is 0 Å². The maximum atomic E-state index is 12.5. The number of rotatable bonds is 3. The second-order valence-corrected chi connectivity index (χ2v) is 5.75. The minimum atomic E-state index is -4.46. The molecule has 0 radical (unpaired) electrons. The Kier molecular flexibility index (Phi) is 3.62. The molecule has 98 valence electrons. The van der Waals surface area contributed by atoms with Crippen LogP contribution in [0.1, 0.15) is 17.0 Å². The van der Waals surface area contributed by atoms with Gasteiger partial charge in [0.05, 0.1) is 6.54 Å². The minimum absolute atomic E-state index is 0.0469. The summed E-state index contributed by atoms with van der Waals surface area (Å²) >= 11 is 3.73. The zero-order valence-corrected chi connectivity index (χ0v) is 11.4. The molecule has 0 atom stereocenters. The van der Waals surface area contributed by atoms with E-state index < -0.39 is 11.9 Å². The summed E-state index contributed by atoms with van der Waals surface area (Å²) in [4.78, 5) is 3.49. The number of nitrogens with zero attached hydrogens (tertiary/aromatic N) is 2. The second kappa shape index (κ2) is 4.88. The first-order valence-electron chi connectivity index (χ1n) is 4.75. The number of alkyl halides is 3. The summed E-state index contributed by atoms with van der Waals surface area (Å²) in [5.74, 6) is 0. The fraction of sp³-hybridized carbons (Fsp3) is 0.333. The maximum Gasteiger partial charge on any atom is 0.435 e. The molecule has 0 saturated carbocycles. The molecule has 2 heterocycles. The van der Waals surface area contributed by atoms with Crippen molar-refractivity contribution < 1.29 is 17.7 Å². The molecule has 2 aromatic rings. The summed E-state index contributed by atoms with van der Waals surface area (Å²) in [5, 5.41) is 6.67. The third kappa shape index (κ3) is 2.83. The van der Waals surface area contributed by atoms with Gasteiger partial charge in [0.2, 0.25) is 0 Å². The lowest BCUT2D eigenvalue weighted by Crippen LogP contribution is -2.07. The Bertz CT molecular complexity index is 551. The fourth-order valence-corrected chi connectivity index (χ4v) is 2.67. The number of thiazole rings is 1. The largest absolute Gasteiger partial charge is 0.435 e. The van der Waals surface area contributed by atoms with E-state index in [0.717, 1.165) is 16.9 Å². The highest BCUT2D eigenvalue weighted by Gasteiger charge is 2.37. The van der Waals surface area contributed by atoms with Gasteiger partial charge in [-0.15, -0.1) is 0 Å². The molecule has 0 spiro atoms. The zero-order chi connectivity index (χ0) is 13.3. The van der Waals surface area contributed by atoms with Crippen molar-refractivity contribution in [2.45, 2.75) is 19.6 Å². The number of hydrogen-bond donors (Lipinski definition) is 1. The predicted octanol–water partition coefficient (Wildman–Crippen LogP) is 3.83. The third-order valence-corrected chi connectivity index (χ3v) is 3.77. The Hall–Kier alpha value is -1.09. The van der Waals surface area contributed by atoms with E-state index in [1.165, 1.54) is 6.26 Å². The normalized spacial score (nSPS) is 11.8. The van der Waals surface area contributed by atoms with E-state index in [4.69, 9.17) is 4.52 Å². The quantitative estimate of drug-likeness (QED) is 0.921. The van der Waals surface area contributed by atoms with E-state index in [2.05, 4.69) is 31.4 Å². The molecular weight excluding hydrogens is 335 g/mol. The van der Waals surface area contributed by atoms with Crippen LogP contribution in [0.4, 0.5) is 18.3 Å². The Morgan fingerprint density at radius 1 is 1.50 bits per heavy atom. The molecule has 4 nitrogen and oxygen atoms in total. The standard InChI is InChI=1S/C9H7BrF3N3OS/c1-4-3-17-16-5(4)2-14-8-15-6(7(10)18-8)9(11,12)13/h3H,2H2,1H3,(H,14,15). The Balaban J connectivity index is 2.10. The van der Waals surface area contributed by atoms with Gasteiger partial charge in [-0.1, -0.05) is 16.5 Å². The van der Waals surface area contributed by atoms with Crippen LogP contribution in [0.5, 0.6) is 0 Å². The molecule has 2 aromatic heterocycles. The van der Waals surface area contributed by atoms with Crippen molar-refractivity contribution in [3.05, 3.63) is 27.0 Å². The summed E-state index contributed by atoms with van der Waals surface area (Å²) in [6.45, 7) is 2.06. The highest BCUT2D eigenvalue weighted by Crippen LogP contribution is 2.39. The highest BCUT2D eigenvalue weighted by atomic mass is 79.9. The maximum absolute atomic E-state index is 12.5. The zero-order valence-electron chi connectivity index (χ0n) is 9.01. The molecule has 0 fully saturated rings. The summed E-state index contributed by atoms with van der Waals surface area (Å²) in [5.41, 5.74) is 0.538. The lowest BCUT2D eigenvalue weighted by molar-refractivity contribution is -0.141. The van der Waals surface area contributed by atoms with Crippen LogP contribution in [-0.4, -0.2) is 10.1 Å². The van der Waals surface area contributed by atoms with Crippen molar-refractivity contribution in [1.29, 1.82) is 0 Å². The molecule has 0 aliphatic rings. The number of halogens is 4. The van der Waals surface area contributed by atoms with Crippen LogP contribution in [-0.2, 0) is 12.7 Å². The number of hydrogen-bond acceptors (Lipinski definition) is 5. The van der Waals surface area contributed by atoms with Crippen molar-refractivity contribution in [2.75, 3.05) is 5.32 Å². The molecule has 0 aliphatic carbocycles. The SMILES string of the molecule is Cc1conc1CNc1nc(C(F)(F)F)c(Br)s1. The van der Waals surface area contributed by atoms with Crippen molar-refractivity contribution in [2.24, 2.45) is 0 Å². The molecule has 1 N–H and O–H groups in total. The van der Waals surface area contributed by atoms with Crippen LogP contribution in [0.25, 0.3) is 0 Å². The molecule has 0 aromatic carbocycles. The first-order valence-corrected chi connectivity index (χ1v) is 6.36. The summed E-state index contributed by atoms with van der Waals surface area (Å²) in [6.07, 6.45) is -2.99. The second-order valence-electron chi connectivity index (χ2n) is 3.44.